The average molecular weight is 309 g/mol. The van der Waals surface area contributed by atoms with Crippen LogP contribution in [0.15, 0.2) is 42.6 Å². The lowest BCUT2D eigenvalue weighted by Gasteiger charge is -2.10. The molecular formula is C18H19N3O2. The van der Waals surface area contributed by atoms with Crippen LogP contribution < -0.4 is 10.1 Å². The maximum Gasteiger partial charge on any atom is 0.274 e. The molecule has 1 aromatic carbocycles. The molecule has 2 heterocycles. The number of hydrogen-bond acceptors (Lipinski definition) is 3. The van der Waals surface area contributed by atoms with E-state index in [9.17, 15) is 4.79 Å². The van der Waals surface area contributed by atoms with Crippen LogP contribution in [-0.2, 0) is 6.42 Å². The number of ether oxygens (including phenoxy) is 1. The molecule has 5 heteroatoms. The largest absolute Gasteiger partial charge is 0.495 e. The predicted octanol–water partition coefficient (Wildman–Crippen LogP) is 3.47. The molecular weight excluding hydrogens is 290 g/mol. The lowest BCUT2D eigenvalue weighted by atomic mass is 10.2. The Morgan fingerprint density at radius 1 is 1.26 bits per heavy atom. The summed E-state index contributed by atoms with van der Waals surface area (Å²) in [6, 6.07) is 11.3. The average Bonchev–Trinajstić information content (AvgIpc) is 2.93. The number of imidazole rings is 1. The molecule has 0 saturated heterocycles. The second-order valence-electron chi connectivity index (χ2n) is 5.35. The van der Waals surface area contributed by atoms with Crippen LogP contribution in [0.25, 0.3) is 5.65 Å². The number of benzene rings is 1. The molecule has 0 radical (unpaired) electrons. The van der Waals surface area contributed by atoms with Gasteiger partial charge in [0.05, 0.1) is 18.5 Å². The number of rotatable bonds is 4. The van der Waals surface area contributed by atoms with Gasteiger partial charge in [0, 0.05) is 6.20 Å². The van der Waals surface area contributed by atoms with Crippen LogP contribution in [0.5, 0.6) is 5.75 Å². The van der Waals surface area contributed by atoms with Gasteiger partial charge in [0.2, 0.25) is 0 Å². The molecule has 0 aliphatic heterocycles. The molecule has 0 saturated carbocycles. The van der Waals surface area contributed by atoms with Crippen LogP contribution in [0.2, 0.25) is 0 Å². The van der Waals surface area contributed by atoms with Crippen molar-refractivity contribution >= 4 is 17.2 Å². The van der Waals surface area contributed by atoms with Gasteiger partial charge in [-0.3, -0.25) is 9.20 Å². The highest BCUT2D eigenvalue weighted by atomic mass is 16.5. The van der Waals surface area contributed by atoms with Gasteiger partial charge in [-0.15, -0.1) is 0 Å². The first-order valence-electron chi connectivity index (χ1n) is 7.56. The van der Waals surface area contributed by atoms with E-state index in [-0.39, 0.29) is 5.91 Å². The zero-order valence-corrected chi connectivity index (χ0v) is 13.5. The summed E-state index contributed by atoms with van der Waals surface area (Å²) in [5, 5.41) is 2.93. The minimum atomic E-state index is -0.190. The van der Waals surface area contributed by atoms with Crippen LogP contribution in [0.4, 0.5) is 5.69 Å². The second-order valence-corrected chi connectivity index (χ2v) is 5.35. The van der Waals surface area contributed by atoms with Crippen LogP contribution in [-0.4, -0.2) is 22.4 Å². The zero-order valence-electron chi connectivity index (χ0n) is 13.5. The monoisotopic (exact) mass is 309 g/mol. The molecule has 5 nitrogen and oxygen atoms in total. The number of hydrogen-bond donors (Lipinski definition) is 1. The Balaban J connectivity index is 2.05. The summed E-state index contributed by atoms with van der Waals surface area (Å²) in [4.78, 5) is 17.4. The molecule has 23 heavy (non-hydrogen) atoms. The fraction of sp³-hybridized carbons (Fsp3) is 0.222. The molecule has 118 valence electrons. The van der Waals surface area contributed by atoms with Gasteiger partial charge in [-0.2, -0.15) is 0 Å². The third-order valence-electron chi connectivity index (χ3n) is 3.74. The lowest BCUT2D eigenvalue weighted by Crippen LogP contribution is -2.16. The molecule has 0 unspecified atom stereocenters. The van der Waals surface area contributed by atoms with Crippen molar-refractivity contribution in [2.45, 2.75) is 20.3 Å². The van der Waals surface area contributed by atoms with Gasteiger partial charge in [0.15, 0.2) is 0 Å². The molecule has 0 aliphatic carbocycles. The number of nitrogens with one attached hydrogen (secondary N) is 1. The molecule has 0 bridgehead atoms. The fourth-order valence-corrected chi connectivity index (χ4v) is 2.62. The van der Waals surface area contributed by atoms with E-state index in [0.29, 0.717) is 23.6 Å². The smallest absolute Gasteiger partial charge is 0.274 e. The van der Waals surface area contributed by atoms with Gasteiger partial charge >= 0.3 is 0 Å². The maximum absolute atomic E-state index is 12.8. The Kier molecular flexibility index (Phi) is 4.02. The molecule has 0 spiro atoms. The van der Waals surface area contributed by atoms with E-state index >= 15 is 0 Å². The van der Waals surface area contributed by atoms with Crippen molar-refractivity contribution < 1.29 is 9.53 Å². The van der Waals surface area contributed by atoms with Crippen molar-refractivity contribution in [1.82, 2.24) is 9.38 Å². The van der Waals surface area contributed by atoms with Gasteiger partial charge in [0.1, 0.15) is 17.1 Å². The van der Waals surface area contributed by atoms with E-state index < -0.39 is 0 Å². The molecule has 2 aromatic heterocycles. The minimum absolute atomic E-state index is 0.190. The Bertz CT molecular complexity index is 868. The lowest BCUT2D eigenvalue weighted by molar-refractivity contribution is 0.102. The van der Waals surface area contributed by atoms with Crippen molar-refractivity contribution in [1.29, 1.82) is 0 Å². The molecule has 1 amide bonds. The summed E-state index contributed by atoms with van der Waals surface area (Å²) >= 11 is 0. The Hall–Kier alpha value is -2.82. The van der Waals surface area contributed by atoms with Crippen LogP contribution >= 0.6 is 0 Å². The molecule has 1 N–H and O–H groups in total. The van der Waals surface area contributed by atoms with Gasteiger partial charge < -0.3 is 10.1 Å². The molecule has 0 fully saturated rings. The number of nitrogens with zero attached hydrogens (tertiary/aromatic N) is 2. The Morgan fingerprint density at radius 2 is 2.04 bits per heavy atom. The zero-order chi connectivity index (χ0) is 16.4. The van der Waals surface area contributed by atoms with Gasteiger partial charge in [-0.25, -0.2) is 4.98 Å². The normalized spacial score (nSPS) is 10.7. The summed E-state index contributed by atoms with van der Waals surface area (Å²) in [7, 11) is 1.58. The number of carbonyl (C=O) groups is 1. The van der Waals surface area contributed by atoms with Crippen LogP contribution in [0.3, 0.4) is 0 Å². The second kappa shape index (κ2) is 6.12. The molecule has 3 rings (SSSR count). The first kappa shape index (κ1) is 15.1. The predicted molar refractivity (Wildman–Crippen MR) is 90.3 cm³/mol. The third-order valence-corrected chi connectivity index (χ3v) is 3.74. The topological polar surface area (TPSA) is 55.6 Å². The number of methoxy groups -OCH3 is 1. The molecule has 0 atom stereocenters. The summed E-state index contributed by atoms with van der Waals surface area (Å²) < 4.78 is 7.14. The maximum atomic E-state index is 12.8. The minimum Gasteiger partial charge on any atom is -0.495 e. The van der Waals surface area contributed by atoms with Crippen molar-refractivity contribution in [3.05, 3.63) is 59.5 Å². The summed E-state index contributed by atoms with van der Waals surface area (Å²) in [6.45, 7) is 3.99. The third kappa shape index (κ3) is 2.77. The molecule has 0 aliphatic rings. The summed E-state index contributed by atoms with van der Waals surface area (Å²) in [6.07, 6.45) is 2.62. The number of aromatic nitrogens is 2. The fourth-order valence-electron chi connectivity index (χ4n) is 2.62. The van der Waals surface area contributed by atoms with E-state index in [4.69, 9.17) is 4.74 Å². The quantitative estimate of drug-likeness (QED) is 0.803. The highest BCUT2D eigenvalue weighted by Crippen LogP contribution is 2.24. The van der Waals surface area contributed by atoms with Crippen molar-refractivity contribution in [2.75, 3.05) is 12.4 Å². The van der Waals surface area contributed by atoms with E-state index in [2.05, 4.69) is 10.3 Å². The number of anilines is 1. The number of carbonyl (C=O) groups excluding carboxylic acids is 1. The van der Waals surface area contributed by atoms with Crippen LogP contribution in [0.1, 0.15) is 28.7 Å². The van der Waals surface area contributed by atoms with Crippen molar-refractivity contribution in [2.24, 2.45) is 0 Å². The number of pyridine rings is 1. The van der Waals surface area contributed by atoms with Crippen LogP contribution in [0, 0.1) is 6.92 Å². The van der Waals surface area contributed by atoms with E-state index in [1.54, 1.807) is 7.11 Å². The Labute approximate surface area is 134 Å². The Morgan fingerprint density at radius 3 is 2.78 bits per heavy atom. The first-order chi connectivity index (χ1) is 11.1. The number of para-hydroxylation sites is 2. The number of amides is 1. The number of aryl methyl sites for hydroxylation is 2. The first-order valence-corrected chi connectivity index (χ1v) is 7.56. The highest BCUT2D eigenvalue weighted by Gasteiger charge is 2.19. The summed E-state index contributed by atoms with van der Waals surface area (Å²) in [5.41, 5.74) is 3.84. The molecule has 3 aromatic rings. The number of fused-ring (bicyclic) bond motifs is 1. The van der Waals surface area contributed by atoms with Gasteiger partial charge in [0.25, 0.3) is 5.91 Å². The SMILES string of the molecule is CCc1nc2ccc(C)cn2c1C(=O)Nc1ccccc1OC. The van der Waals surface area contributed by atoms with Gasteiger partial charge in [-0.1, -0.05) is 25.1 Å². The highest BCUT2D eigenvalue weighted by molar-refractivity contribution is 6.05. The van der Waals surface area contributed by atoms with E-state index in [0.717, 1.165) is 16.9 Å². The van der Waals surface area contributed by atoms with E-state index in [1.807, 2.05) is 60.8 Å². The van der Waals surface area contributed by atoms with Crippen molar-refractivity contribution in [3.63, 3.8) is 0 Å². The standard InChI is InChI=1S/C18H19N3O2/c1-4-13-17(21-11-12(2)9-10-16(21)19-13)18(22)20-14-7-5-6-8-15(14)23-3/h5-11H,4H2,1-3H3,(H,20,22). The summed E-state index contributed by atoms with van der Waals surface area (Å²) in [5.74, 6) is 0.438. The van der Waals surface area contributed by atoms with Gasteiger partial charge in [-0.05, 0) is 37.1 Å². The van der Waals surface area contributed by atoms with E-state index in [1.165, 1.54) is 0 Å². The van der Waals surface area contributed by atoms with Crippen molar-refractivity contribution in [3.8, 4) is 5.75 Å².